The second kappa shape index (κ2) is 12.5. The molecule has 196 valence electrons. The molecule has 1 unspecified atom stereocenters. The van der Waals surface area contributed by atoms with Crippen molar-refractivity contribution in [2.75, 3.05) is 17.4 Å². The molecule has 1 N–H and O–H groups in total. The zero-order valence-corrected chi connectivity index (χ0v) is 22.0. The number of nitrogens with zero attached hydrogens (tertiary/aromatic N) is 2. The fourth-order valence-electron chi connectivity index (χ4n) is 3.76. The van der Waals surface area contributed by atoms with Gasteiger partial charge < -0.3 is 10.2 Å². The summed E-state index contributed by atoms with van der Waals surface area (Å²) in [5.74, 6) is -1.78. The van der Waals surface area contributed by atoms with Crippen LogP contribution in [0.5, 0.6) is 0 Å². The maximum atomic E-state index is 14.9. The van der Waals surface area contributed by atoms with Gasteiger partial charge in [0.05, 0.1) is 10.6 Å². The van der Waals surface area contributed by atoms with Gasteiger partial charge in [-0.2, -0.15) is 0 Å². The summed E-state index contributed by atoms with van der Waals surface area (Å²) in [5.41, 5.74) is 1.37. The first kappa shape index (κ1) is 27.9. The van der Waals surface area contributed by atoms with E-state index in [4.69, 9.17) is 0 Å². The number of nitrogens with one attached hydrogen (secondary N) is 1. The fraction of sp³-hybridized carbons (Fsp3) is 0.286. The van der Waals surface area contributed by atoms with Gasteiger partial charge in [0.1, 0.15) is 18.4 Å². The molecule has 0 fully saturated rings. The zero-order valence-electron chi connectivity index (χ0n) is 21.2. The van der Waals surface area contributed by atoms with E-state index in [9.17, 15) is 22.4 Å². The van der Waals surface area contributed by atoms with Gasteiger partial charge in [0.25, 0.3) is 10.0 Å². The van der Waals surface area contributed by atoms with Gasteiger partial charge in [-0.3, -0.25) is 13.9 Å². The molecule has 0 aliphatic rings. The smallest absolute Gasteiger partial charge is 0.264 e. The molecule has 3 rings (SSSR count). The molecule has 7 nitrogen and oxygen atoms in total. The Morgan fingerprint density at radius 3 is 2.19 bits per heavy atom. The van der Waals surface area contributed by atoms with Gasteiger partial charge in [-0.05, 0) is 50.1 Å². The lowest BCUT2D eigenvalue weighted by atomic mass is 10.1. The summed E-state index contributed by atoms with van der Waals surface area (Å²) in [5, 5.41) is 2.78. The zero-order chi connectivity index (χ0) is 27.0. The molecule has 0 bridgehead atoms. The van der Waals surface area contributed by atoms with Crippen LogP contribution in [0, 0.1) is 12.7 Å². The molecular formula is C28H32FN3O4S. The van der Waals surface area contributed by atoms with Crippen molar-refractivity contribution in [2.24, 2.45) is 0 Å². The van der Waals surface area contributed by atoms with Crippen LogP contribution in [0.15, 0.2) is 83.8 Å². The first-order valence-electron chi connectivity index (χ1n) is 12.1. The van der Waals surface area contributed by atoms with E-state index in [0.717, 1.165) is 27.9 Å². The van der Waals surface area contributed by atoms with Crippen LogP contribution in [0.4, 0.5) is 10.1 Å². The summed E-state index contributed by atoms with van der Waals surface area (Å²) in [4.78, 5) is 27.8. The number of halogens is 1. The minimum absolute atomic E-state index is 0.0718. The number of carbonyl (C=O) groups excluding carboxylic acids is 2. The highest BCUT2D eigenvalue weighted by atomic mass is 32.2. The number of sulfonamides is 1. The fourth-order valence-corrected chi connectivity index (χ4v) is 5.19. The lowest BCUT2D eigenvalue weighted by molar-refractivity contribution is -0.139. The molecule has 0 heterocycles. The van der Waals surface area contributed by atoms with Gasteiger partial charge >= 0.3 is 0 Å². The third-order valence-electron chi connectivity index (χ3n) is 5.92. The normalized spacial score (nSPS) is 12.0. The number of hydrogen-bond donors (Lipinski definition) is 1. The van der Waals surface area contributed by atoms with Gasteiger partial charge in [-0.1, -0.05) is 67.1 Å². The quantitative estimate of drug-likeness (QED) is 0.405. The lowest BCUT2D eigenvalue weighted by Crippen LogP contribution is -2.51. The van der Waals surface area contributed by atoms with Crippen LogP contribution >= 0.6 is 0 Å². The minimum Gasteiger partial charge on any atom is -0.354 e. The maximum absolute atomic E-state index is 14.9. The van der Waals surface area contributed by atoms with Gasteiger partial charge in [-0.15, -0.1) is 0 Å². The average molecular weight is 526 g/mol. The molecule has 1 atom stereocenters. The number of amides is 2. The van der Waals surface area contributed by atoms with Crippen LogP contribution in [0.25, 0.3) is 0 Å². The van der Waals surface area contributed by atoms with Crippen molar-refractivity contribution >= 4 is 27.5 Å². The SMILES string of the molecule is CCCNC(=O)C(C)N(Cc1ccccc1)C(=O)CN(c1ccccc1F)S(=O)(=O)c1ccc(C)cc1. The number of hydrogen-bond acceptors (Lipinski definition) is 4. The van der Waals surface area contributed by atoms with Gasteiger partial charge in [0, 0.05) is 13.1 Å². The Hall–Kier alpha value is -3.72. The van der Waals surface area contributed by atoms with Gasteiger partial charge in [0.2, 0.25) is 11.8 Å². The Balaban J connectivity index is 2.02. The van der Waals surface area contributed by atoms with Crippen molar-refractivity contribution < 1.29 is 22.4 Å². The van der Waals surface area contributed by atoms with Crippen molar-refractivity contribution in [1.29, 1.82) is 0 Å². The summed E-state index contributed by atoms with van der Waals surface area (Å²) < 4.78 is 43.0. The van der Waals surface area contributed by atoms with E-state index < -0.39 is 34.3 Å². The topological polar surface area (TPSA) is 86.8 Å². The summed E-state index contributed by atoms with van der Waals surface area (Å²) >= 11 is 0. The number of benzene rings is 3. The Bertz CT molecular complexity index is 1310. The molecule has 0 spiro atoms. The summed E-state index contributed by atoms with van der Waals surface area (Å²) in [6, 6.07) is 19.7. The van der Waals surface area contributed by atoms with E-state index in [2.05, 4.69) is 5.32 Å². The van der Waals surface area contributed by atoms with Crippen molar-refractivity contribution in [2.45, 2.75) is 44.7 Å². The highest BCUT2D eigenvalue weighted by molar-refractivity contribution is 7.92. The summed E-state index contributed by atoms with van der Waals surface area (Å²) in [6.45, 7) is 5.17. The summed E-state index contributed by atoms with van der Waals surface area (Å²) in [6.07, 6.45) is 0.723. The predicted octanol–water partition coefficient (Wildman–Crippen LogP) is 4.27. The van der Waals surface area contributed by atoms with Crippen LogP contribution < -0.4 is 9.62 Å². The van der Waals surface area contributed by atoms with Crippen LogP contribution in [-0.4, -0.2) is 44.3 Å². The van der Waals surface area contributed by atoms with E-state index in [1.807, 2.05) is 44.2 Å². The van der Waals surface area contributed by atoms with E-state index >= 15 is 0 Å². The van der Waals surface area contributed by atoms with Crippen LogP contribution in [-0.2, 0) is 26.2 Å². The van der Waals surface area contributed by atoms with Gasteiger partial charge in [-0.25, -0.2) is 12.8 Å². The standard InChI is InChI=1S/C28H32FN3O4S/c1-4-18-30-28(34)22(3)31(19-23-10-6-5-7-11-23)27(33)20-32(26-13-9-8-12-25(26)29)37(35,36)24-16-14-21(2)15-17-24/h5-17,22H,4,18-20H2,1-3H3,(H,30,34). The number of aryl methyl sites for hydroxylation is 1. The summed E-state index contributed by atoms with van der Waals surface area (Å²) in [7, 11) is -4.31. The monoisotopic (exact) mass is 525 g/mol. The molecule has 0 radical (unpaired) electrons. The van der Waals surface area contributed by atoms with Crippen molar-refractivity contribution in [3.05, 3.63) is 95.8 Å². The molecule has 2 amide bonds. The Morgan fingerprint density at radius 1 is 0.946 bits per heavy atom. The molecule has 0 aliphatic heterocycles. The first-order chi connectivity index (χ1) is 17.6. The van der Waals surface area contributed by atoms with Crippen LogP contribution in [0.3, 0.4) is 0 Å². The van der Waals surface area contributed by atoms with Gasteiger partial charge in [0.15, 0.2) is 0 Å². The maximum Gasteiger partial charge on any atom is 0.264 e. The molecule has 3 aromatic carbocycles. The van der Waals surface area contributed by atoms with Crippen molar-refractivity contribution in [3.8, 4) is 0 Å². The first-order valence-corrected chi connectivity index (χ1v) is 13.5. The predicted molar refractivity (Wildman–Crippen MR) is 142 cm³/mol. The number of para-hydroxylation sites is 1. The highest BCUT2D eigenvalue weighted by Crippen LogP contribution is 2.27. The second-order valence-corrected chi connectivity index (χ2v) is 10.6. The highest BCUT2D eigenvalue weighted by Gasteiger charge is 2.33. The van der Waals surface area contributed by atoms with E-state index in [1.54, 1.807) is 19.1 Å². The molecule has 0 aliphatic carbocycles. The molecule has 0 saturated carbocycles. The molecule has 37 heavy (non-hydrogen) atoms. The largest absolute Gasteiger partial charge is 0.354 e. The molecule has 3 aromatic rings. The van der Waals surface area contributed by atoms with Crippen LogP contribution in [0.2, 0.25) is 0 Å². The number of rotatable bonds is 11. The van der Waals surface area contributed by atoms with Crippen LogP contribution in [0.1, 0.15) is 31.4 Å². The number of carbonyl (C=O) groups is 2. The third kappa shape index (κ3) is 6.95. The Kier molecular flexibility index (Phi) is 9.41. The minimum atomic E-state index is -4.31. The van der Waals surface area contributed by atoms with E-state index in [-0.39, 0.29) is 23.0 Å². The second-order valence-electron chi connectivity index (χ2n) is 8.75. The third-order valence-corrected chi connectivity index (χ3v) is 7.70. The molecule has 0 saturated heterocycles. The van der Waals surface area contributed by atoms with Crippen molar-refractivity contribution in [1.82, 2.24) is 10.2 Å². The number of anilines is 1. The van der Waals surface area contributed by atoms with Crippen molar-refractivity contribution in [3.63, 3.8) is 0 Å². The van der Waals surface area contributed by atoms with E-state index in [1.165, 1.54) is 35.2 Å². The molecule has 9 heteroatoms. The molecular weight excluding hydrogens is 493 g/mol. The average Bonchev–Trinajstić information content (AvgIpc) is 2.89. The van der Waals surface area contributed by atoms with E-state index in [0.29, 0.717) is 6.54 Å². The Morgan fingerprint density at radius 2 is 1.57 bits per heavy atom. The Labute approximate surface area is 218 Å². The molecule has 0 aromatic heterocycles. The lowest BCUT2D eigenvalue weighted by Gasteiger charge is -2.32.